The number of carbonyl (C=O) groups excluding carboxylic acids is 6. The SMILES string of the molecule is CC(=O)N(O)CCCCCNC(=O)CCC(=O)N(O)CCCCCCC(=O)CCC(=O)N(O)CCCCCNC(=O)CCOCCN. The number of Topliss-reactive ketones (excluding diaryl/α,β-unsaturated/α-hetero) is 1. The fourth-order valence-electron chi connectivity index (χ4n) is 4.30. The fraction of sp³-hybridized carbons (Fsp3) is 0.806. The highest BCUT2D eigenvalue weighted by Gasteiger charge is 2.14. The van der Waals surface area contributed by atoms with Crippen LogP contribution in [-0.4, -0.2) is 119 Å². The van der Waals surface area contributed by atoms with E-state index in [0.29, 0.717) is 119 Å². The summed E-state index contributed by atoms with van der Waals surface area (Å²) in [6.07, 6.45) is 6.92. The van der Waals surface area contributed by atoms with Crippen molar-refractivity contribution in [1.29, 1.82) is 0 Å². The summed E-state index contributed by atoms with van der Waals surface area (Å²) in [6.45, 7) is 3.86. The zero-order valence-electron chi connectivity index (χ0n) is 28.1. The van der Waals surface area contributed by atoms with Crippen molar-refractivity contribution in [2.45, 2.75) is 110 Å². The lowest BCUT2D eigenvalue weighted by Gasteiger charge is -2.15. The maximum absolute atomic E-state index is 12.1. The van der Waals surface area contributed by atoms with Crippen LogP contribution in [0.15, 0.2) is 0 Å². The highest BCUT2D eigenvalue weighted by molar-refractivity contribution is 5.84. The molecule has 0 aliphatic carbocycles. The van der Waals surface area contributed by atoms with E-state index in [0.717, 1.165) is 0 Å². The lowest BCUT2D eigenvalue weighted by molar-refractivity contribution is -0.166. The van der Waals surface area contributed by atoms with Gasteiger partial charge < -0.3 is 21.1 Å². The van der Waals surface area contributed by atoms with Crippen molar-refractivity contribution in [3.8, 4) is 0 Å². The van der Waals surface area contributed by atoms with Gasteiger partial charge in [-0.3, -0.25) is 44.4 Å². The van der Waals surface area contributed by atoms with Crippen LogP contribution in [0.25, 0.3) is 0 Å². The first kappa shape index (κ1) is 43.8. The van der Waals surface area contributed by atoms with Gasteiger partial charge in [0, 0.05) is 84.7 Å². The monoisotopic (exact) mass is 674 g/mol. The van der Waals surface area contributed by atoms with Gasteiger partial charge in [0.05, 0.1) is 13.2 Å². The zero-order valence-corrected chi connectivity index (χ0v) is 28.1. The second-order valence-electron chi connectivity index (χ2n) is 11.4. The van der Waals surface area contributed by atoms with Crippen molar-refractivity contribution in [2.75, 3.05) is 52.5 Å². The van der Waals surface area contributed by atoms with E-state index in [4.69, 9.17) is 10.5 Å². The molecule has 0 unspecified atom stereocenters. The molecule has 16 nitrogen and oxygen atoms in total. The van der Waals surface area contributed by atoms with Crippen LogP contribution in [0.3, 0.4) is 0 Å². The first-order valence-corrected chi connectivity index (χ1v) is 16.8. The summed E-state index contributed by atoms with van der Waals surface area (Å²) in [5.41, 5.74) is 5.31. The number of ketones is 1. The molecule has 0 aliphatic heterocycles. The Bertz CT molecular complexity index is 923. The average Bonchev–Trinajstić information content (AvgIpc) is 3.04. The molecule has 0 aromatic heterocycles. The van der Waals surface area contributed by atoms with Gasteiger partial charge in [0.15, 0.2) is 0 Å². The topological polar surface area (TPSA) is 232 Å². The highest BCUT2D eigenvalue weighted by atomic mass is 16.5. The lowest BCUT2D eigenvalue weighted by atomic mass is 10.1. The number of amides is 5. The zero-order chi connectivity index (χ0) is 35.3. The summed E-state index contributed by atoms with van der Waals surface area (Å²) >= 11 is 0. The second-order valence-corrected chi connectivity index (χ2v) is 11.4. The molecule has 0 aromatic carbocycles. The maximum atomic E-state index is 12.1. The van der Waals surface area contributed by atoms with E-state index in [2.05, 4.69) is 10.6 Å². The fourth-order valence-corrected chi connectivity index (χ4v) is 4.30. The minimum atomic E-state index is -0.546. The number of unbranched alkanes of at least 4 members (excludes halogenated alkanes) is 7. The minimum absolute atomic E-state index is 0.0439. The Morgan fingerprint density at radius 3 is 1.55 bits per heavy atom. The first-order chi connectivity index (χ1) is 22.5. The Morgan fingerprint density at radius 2 is 1.02 bits per heavy atom. The maximum Gasteiger partial charge on any atom is 0.246 e. The normalized spacial score (nSPS) is 10.7. The summed E-state index contributed by atoms with van der Waals surface area (Å²) in [5.74, 6) is -1.95. The molecule has 0 heterocycles. The molecule has 7 N–H and O–H groups in total. The molecule has 272 valence electrons. The highest BCUT2D eigenvalue weighted by Crippen LogP contribution is 2.09. The van der Waals surface area contributed by atoms with Crippen molar-refractivity contribution < 1.29 is 49.1 Å². The van der Waals surface area contributed by atoms with Crippen LogP contribution in [-0.2, 0) is 33.5 Å². The van der Waals surface area contributed by atoms with E-state index in [1.807, 2.05) is 0 Å². The van der Waals surface area contributed by atoms with E-state index in [1.165, 1.54) is 6.92 Å². The molecule has 0 fully saturated rings. The van der Waals surface area contributed by atoms with Gasteiger partial charge in [-0.2, -0.15) is 0 Å². The van der Waals surface area contributed by atoms with Crippen molar-refractivity contribution in [1.82, 2.24) is 25.8 Å². The van der Waals surface area contributed by atoms with Gasteiger partial charge in [-0.1, -0.05) is 12.8 Å². The van der Waals surface area contributed by atoms with Crippen LogP contribution in [0.5, 0.6) is 0 Å². The number of ether oxygens (including phenoxy) is 1. The number of nitrogens with two attached hydrogens (primary N) is 1. The van der Waals surface area contributed by atoms with Crippen LogP contribution < -0.4 is 16.4 Å². The van der Waals surface area contributed by atoms with Crippen LogP contribution in [0.1, 0.15) is 110 Å². The number of carbonyl (C=O) groups is 6. The van der Waals surface area contributed by atoms with Crippen LogP contribution in [0, 0.1) is 0 Å². The van der Waals surface area contributed by atoms with E-state index in [9.17, 15) is 44.4 Å². The molecule has 47 heavy (non-hydrogen) atoms. The van der Waals surface area contributed by atoms with E-state index < -0.39 is 17.7 Å². The number of hydrogen-bond donors (Lipinski definition) is 6. The molecule has 0 bridgehead atoms. The molecule has 16 heteroatoms. The molecule has 0 atom stereocenters. The molecular weight excluding hydrogens is 616 g/mol. The van der Waals surface area contributed by atoms with E-state index in [-0.39, 0.29) is 69.3 Å². The number of nitrogens with zero attached hydrogens (tertiary/aromatic N) is 3. The molecule has 5 amide bonds. The molecule has 0 saturated carbocycles. The van der Waals surface area contributed by atoms with Crippen molar-refractivity contribution in [3.63, 3.8) is 0 Å². The number of rotatable bonds is 30. The summed E-state index contributed by atoms with van der Waals surface area (Å²) in [5, 5.41) is 36.5. The van der Waals surface area contributed by atoms with E-state index >= 15 is 0 Å². The summed E-state index contributed by atoms with van der Waals surface area (Å²) in [6, 6.07) is 0. The second kappa shape index (κ2) is 29.0. The predicted octanol–water partition coefficient (Wildman–Crippen LogP) is 1.68. The largest absolute Gasteiger partial charge is 0.380 e. The van der Waals surface area contributed by atoms with Gasteiger partial charge in [0.1, 0.15) is 5.78 Å². The third kappa shape index (κ3) is 26.6. The number of nitrogens with one attached hydrogen (secondary N) is 2. The summed E-state index contributed by atoms with van der Waals surface area (Å²) < 4.78 is 5.15. The van der Waals surface area contributed by atoms with Gasteiger partial charge in [0.25, 0.3) is 0 Å². The van der Waals surface area contributed by atoms with Crippen molar-refractivity contribution >= 4 is 35.3 Å². The molecule has 0 radical (unpaired) electrons. The first-order valence-electron chi connectivity index (χ1n) is 16.8. The summed E-state index contributed by atoms with van der Waals surface area (Å²) in [4.78, 5) is 70.7. The third-order valence-electron chi connectivity index (χ3n) is 7.17. The van der Waals surface area contributed by atoms with Gasteiger partial charge in [-0.25, -0.2) is 15.2 Å². The number of hydrogen-bond acceptors (Lipinski definition) is 11. The molecule has 0 saturated heterocycles. The Balaban J connectivity index is 3.75. The van der Waals surface area contributed by atoms with Gasteiger partial charge >= 0.3 is 0 Å². The molecular formula is C31H58N6O10. The number of hydroxylamine groups is 6. The van der Waals surface area contributed by atoms with Crippen LogP contribution >= 0.6 is 0 Å². The van der Waals surface area contributed by atoms with Gasteiger partial charge in [-0.15, -0.1) is 0 Å². The molecule has 0 aliphatic rings. The van der Waals surface area contributed by atoms with Gasteiger partial charge in [0.2, 0.25) is 29.5 Å². The molecule has 0 spiro atoms. The average molecular weight is 675 g/mol. The third-order valence-corrected chi connectivity index (χ3v) is 7.17. The Kier molecular flexibility index (Phi) is 27.0. The minimum Gasteiger partial charge on any atom is -0.380 e. The quantitative estimate of drug-likeness (QED) is 0.0364. The van der Waals surface area contributed by atoms with Gasteiger partial charge in [-0.05, 0) is 51.4 Å². The van der Waals surface area contributed by atoms with E-state index in [1.54, 1.807) is 0 Å². The van der Waals surface area contributed by atoms with Crippen LogP contribution in [0.2, 0.25) is 0 Å². The smallest absolute Gasteiger partial charge is 0.246 e. The van der Waals surface area contributed by atoms with Crippen molar-refractivity contribution in [3.05, 3.63) is 0 Å². The summed E-state index contributed by atoms with van der Waals surface area (Å²) in [7, 11) is 0. The lowest BCUT2D eigenvalue weighted by Crippen LogP contribution is -2.31. The molecule has 0 aromatic rings. The standard InChI is InChI=1S/C31H58N6O10/c1-26(38)35(44)21-10-4-7-19-33-28(40)14-16-31(43)37(46)22-9-3-2-6-12-27(39)13-15-30(42)36(45)23-11-5-8-20-34-29(41)17-24-47-25-18-32/h44-46H,2-25,32H2,1H3,(H,33,40)(H,34,41). The van der Waals surface area contributed by atoms with Crippen molar-refractivity contribution in [2.24, 2.45) is 5.73 Å². The Morgan fingerprint density at radius 1 is 0.553 bits per heavy atom. The molecule has 0 rings (SSSR count). The van der Waals surface area contributed by atoms with Crippen LogP contribution in [0.4, 0.5) is 0 Å². The predicted molar refractivity (Wildman–Crippen MR) is 171 cm³/mol. The Labute approximate surface area is 278 Å². The Hall–Kier alpha value is -3.18.